The van der Waals surface area contributed by atoms with E-state index in [2.05, 4.69) is 68.7 Å². The average Bonchev–Trinajstić information content (AvgIpc) is 2.94. The smallest absolute Gasteiger partial charge is 0.255 e. The Morgan fingerprint density at radius 2 is 1.62 bits per heavy atom. The monoisotopic (exact) mass is 536 g/mol. The first-order valence-corrected chi connectivity index (χ1v) is 13.5. The molecule has 0 spiro atoms. The van der Waals surface area contributed by atoms with Crippen LogP contribution < -0.4 is 26.6 Å². The molecule has 5 rings (SSSR count). The number of nitrogens with two attached hydrogens (primary N) is 1. The molecule has 0 aliphatic carbocycles. The first-order valence-electron chi connectivity index (χ1n) is 13.5. The van der Waals surface area contributed by atoms with Crippen molar-refractivity contribution >= 4 is 34.9 Å². The van der Waals surface area contributed by atoms with Gasteiger partial charge in [-0.25, -0.2) is 0 Å². The van der Waals surface area contributed by atoms with Gasteiger partial charge in [-0.2, -0.15) is 15.0 Å². The fraction of sp³-hybridized carbons (Fsp3) is 0.290. The van der Waals surface area contributed by atoms with Crippen molar-refractivity contribution in [3.05, 3.63) is 83.4 Å². The number of aromatic nitrogens is 3. The van der Waals surface area contributed by atoms with Crippen LogP contribution in [0.5, 0.6) is 0 Å². The number of carbonyl (C=O) groups is 1. The van der Waals surface area contributed by atoms with Gasteiger partial charge in [0, 0.05) is 54.4 Å². The number of carbonyl (C=O) groups excluding carboxylic acids is 1. The highest BCUT2D eigenvalue weighted by Crippen LogP contribution is 2.29. The second-order valence-electron chi connectivity index (χ2n) is 11.0. The predicted molar refractivity (Wildman–Crippen MR) is 162 cm³/mol. The predicted octanol–water partition coefficient (Wildman–Crippen LogP) is 5.13. The van der Waals surface area contributed by atoms with E-state index in [4.69, 9.17) is 5.73 Å². The van der Waals surface area contributed by atoms with E-state index >= 15 is 0 Å². The molecule has 1 saturated heterocycles. The van der Waals surface area contributed by atoms with E-state index in [1.807, 2.05) is 61.5 Å². The van der Waals surface area contributed by atoms with Crippen molar-refractivity contribution in [1.29, 1.82) is 0 Å². The summed E-state index contributed by atoms with van der Waals surface area (Å²) in [5.74, 6) is 0.709. The van der Waals surface area contributed by atoms with E-state index in [9.17, 15) is 4.79 Å². The molecule has 4 aromatic rings. The van der Waals surface area contributed by atoms with E-state index in [1.165, 1.54) is 11.3 Å². The molecule has 3 aromatic carbocycles. The highest BCUT2D eigenvalue weighted by atomic mass is 16.1. The van der Waals surface area contributed by atoms with Gasteiger partial charge in [0.25, 0.3) is 5.91 Å². The van der Waals surface area contributed by atoms with Crippen LogP contribution in [0.2, 0.25) is 0 Å². The minimum absolute atomic E-state index is 0.0223. The zero-order valence-electron chi connectivity index (χ0n) is 23.5. The Balaban J connectivity index is 1.33. The molecule has 9 heteroatoms. The van der Waals surface area contributed by atoms with Gasteiger partial charge in [0.05, 0.1) is 0 Å². The van der Waals surface area contributed by atoms with E-state index in [-0.39, 0.29) is 17.3 Å². The van der Waals surface area contributed by atoms with Crippen LogP contribution in [-0.4, -0.2) is 47.0 Å². The third-order valence-electron chi connectivity index (χ3n) is 7.09. The zero-order chi connectivity index (χ0) is 28.3. The van der Waals surface area contributed by atoms with E-state index < -0.39 is 0 Å². The standard InChI is InChI=1S/C31H36N8O/c1-20-25(6-5-7-26(20)35-28(40)21-8-10-22(11-9-21)31(2,3)4)27-36-29(32)38-30(37-27)34-23-12-14-24(15-13-23)39-18-16-33-17-19-39/h5-15,33H,16-19H2,1-4H3,(H,35,40)(H3,32,34,36,37,38). The van der Waals surface area contributed by atoms with Crippen LogP contribution in [0.3, 0.4) is 0 Å². The molecule has 0 atom stereocenters. The van der Waals surface area contributed by atoms with Gasteiger partial charge in [-0.05, 0) is 65.9 Å². The summed E-state index contributed by atoms with van der Waals surface area (Å²) < 4.78 is 0. The van der Waals surface area contributed by atoms with Gasteiger partial charge in [-0.1, -0.05) is 45.0 Å². The Morgan fingerprint density at radius 3 is 2.30 bits per heavy atom. The number of benzene rings is 3. The molecule has 0 radical (unpaired) electrons. The summed E-state index contributed by atoms with van der Waals surface area (Å²) in [4.78, 5) is 28.7. The second-order valence-corrected chi connectivity index (χ2v) is 11.0. The van der Waals surface area contributed by atoms with Gasteiger partial charge < -0.3 is 26.6 Å². The molecule has 5 N–H and O–H groups in total. The lowest BCUT2D eigenvalue weighted by Gasteiger charge is -2.29. The topological polar surface area (TPSA) is 121 Å². The van der Waals surface area contributed by atoms with Crippen molar-refractivity contribution in [2.24, 2.45) is 0 Å². The summed E-state index contributed by atoms with van der Waals surface area (Å²) in [6, 6.07) is 21.5. The molecule has 1 aliphatic rings. The van der Waals surface area contributed by atoms with Gasteiger partial charge in [0.2, 0.25) is 11.9 Å². The summed E-state index contributed by atoms with van der Waals surface area (Å²) in [5.41, 5.74) is 12.2. The number of hydrogen-bond donors (Lipinski definition) is 4. The quantitative estimate of drug-likeness (QED) is 0.268. The third-order valence-corrected chi connectivity index (χ3v) is 7.09. The Bertz CT molecular complexity index is 1490. The van der Waals surface area contributed by atoms with E-state index in [0.717, 1.165) is 43.0 Å². The number of nitrogen functional groups attached to an aromatic ring is 1. The summed E-state index contributed by atoms with van der Waals surface area (Å²) in [6.45, 7) is 12.3. The van der Waals surface area contributed by atoms with Crippen LogP contribution in [0.15, 0.2) is 66.7 Å². The van der Waals surface area contributed by atoms with Crippen molar-refractivity contribution in [2.75, 3.05) is 47.4 Å². The maximum Gasteiger partial charge on any atom is 0.255 e. The molecular formula is C31H36N8O. The van der Waals surface area contributed by atoms with Crippen molar-refractivity contribution < 1.29 is 4.79 Å². The van der Waals surface area contributed by atoms with Crippen LogP contribution in [-0.2, 0) is 5.41 Å². The van der Waals surface area contributed by atoms with Gasteiger partial charge in [-0.3, -0.25) is 4.79 Å². The van der Waals surface area contributed by atoms with Crippen LogP contribution in [0, 0.1) is 6.92 Å². The summed E-state index contributed by atoms with van der Waals surface area (Å²) in [6.07, 6.45) is 0. The molecular weight excluding hydrogens is 500 g/mol. The van der Waals surface area contributed by atoms with Crippen LogP contribution in [0.25, 0.3) is 11.4 Å². The Hall–Kier alpha value is -4.50. The van der Waals surface area contributed by atoms with Crippen molar-refractivity contribution in [1.82, 2.24) is 20.3 Å². The average molecular weight is 537 g/mol. The Kier molecular flexibility index (Phi) is 7.66. The molecule has 206 valence electrons. The molecule has 1 aromatic heterocycles. The largest absolute Gasteiger partial charge is 0.369 e. The highest BCUT2D eigenvalue weighted by molar-refractivity contribution is 6.05. The number of nitrogens with zero attached hydrogens (tertiary/aromatic N) is 4. The maximum atomic E-state index is 13.0. The van der Waals surface area contributed by atoms with Crippen LogP contribution in [0.4, 0.5) is 29.0 Å². The first-order chi connectivity index (χ1) is 19.2. The number of piperazine rings is 1. The highest BCUT2D eigenvalue weighted by Gasteiger charge is 2.17. The van der Waals surface area contributed by atoms with Gasteiger partial charge in [-0.15, -0.1) is 0 Å². The van der Waals surface area contributed by atoms with Crippen LogP contribution in [0.1, 0.15) is 42.3 Å². The van der Waals surface area contributed by atoms with E-state index in [1.54, 1.807) is 0 Å². The summed E-state index contributed by atoms with van der Waals surface area (Å²) in [7, 11) is 0. The summed E-state index contributed by atoms with van der Waals surface area (Å²) in [5, 5.41) is 9.65. The molecule has 9 nitrogen and oxygen atoms in total. The minimum atomic E-state index is -0.178. The van der Waals surface area contributed by atoms with Gasteiger partial charge in [0.1, 0.15) is 0 Å². The lowest BCUT2D eigenvalue weighted by atomic mass is 9.86. The molecule has 2 heterocycles. The molecule has 0 unspecified atom stereocenters. The zero-order valence-corrected chi connectivity index (χ0v) is 23.5. The maximum absolute atomic E-state index is 13.0. The normalized spacial score (nSPS) is 13.7. The van der Waals surface area contributed by atoms with Crippen molar-refractivity contribution in [3.63, 3.8) is 0 Å². The number of anilines is 5. The summed E-state index contributed by atoms with van der Waals surface area (Å²) >= 11 is 0. The van der Waals surface area contributed by atoms with E-state index in [0.29, 0.717) is 23.0 Å². The molecule has 0 bridgehead atoms. The number of amides is 1. The fourth-order valence-electron chi connectivity index (χ4n) is 4.71. The fourth-order valence-corrected chi connectivity index (χ4v) is 4.71. The number of hydrogen-bond acceptors (Lipinski definition) is 8. The molecule has 40 heavy (non-hydrogen) atoms. The third kappa shape index (κ3) is 6.21. The lowest BCUT2D eigenvalue weighted by molar-refractivity contribution is 0.102. The van der Waals surface area contributed by atoms with Gasteiger partial charge >= 0.3 is 0 Å². The molecule has 1 fully saturated rings. The Morgan fingerprint density at radius 1 is 0.925 bits per heavy atom. The SMILES string of the molecule is Cc1c(NC(=O)c2ccc(C(C)(C)C)cc2)cccc1-c1nc(N)nc(Nc2ccc(N3CCNCC3)cc2)n1. The van der Waals surface area contributed by atoms with Gasteiger partial charge in [0.15, 0.2) is 5.82 Å². The number of rotatable bonds is 6. The molecule has 1 aliphatic heterocycles. The molecule has 1 amide bonds. The minimum Gasteiger partial charge on any atom is -0.369 e. The van der Waals surface area contributed by atoms with Crippen molar-refractivity contribution in [2.45, 2.75) is 33.1 Å². The van der Waals surface area contributed by atoms with Crippen molar-refractivity contribution in [3.8, 4) is 11.4 Å². The van der Waals surface area contributed by atoms with Crippen LogP contribution >= 0.6 is 0 Å². The first kappa shape index (κ1) is 27.1. The number of nitrogens with one attached hydrogen (secondary N) is 3. The molecule has 0 saturated carbocycles. The second kappa shape index (κ2) is 11.3. The Labute approximate surface area is 235 Å². The lowest BCUT2D eigenvalue weighted by Crippen LogP contribution is -2.43.